The SMILES string of the molecule is CC(C)(F)CCc1ncccc1C(C(=O)O)N1CC[C@@H](OCCCCc2ccc3c(n2)CCCC3)C1. The first-order valence-electron chi connectivity index (χ1n) is 13.5. The van der Waals surface area contributed by atoms with Crippen LogP contribution in [0.2, 0.25) is 0 Å². The van der Waals surface area contributed by atoms with Gasteiger partial charge >= 0.3 is 5.97 Å². The standard InChI is InChI=1S/C29H40FN3O3/c1-29(2,30)16-14-26-24(10-7-17-31-26)27(28(34)35)33-18-15-23(20-33)36-19-6-5-9-22-13-12-21-8-3-4-11-25(21)32-22/h7,10,12-13,17,23,27H,3-6,8-9,11,14-16,18-20H2,1-2H3,(H,34,35)/t23-,27?/m1/s1. The number of unbranched alkanes of at least 4 members (excludes halogenated alkanes) is 1. The Hall–Kier alpha value is -2.38. The van der Waals surface area contributed by atoms with Crippen LogP contribution in [0.25, 0.3) is 0 Å². The van der Waals surface area contributed by atoms with Crippen molar-refractivity contribution in [1.82, 2.24) is 14.9 Å². The van der Waals surface area contributed by atoms with E-state index in [2.05, 4.69) is 17.1 Å². The largest absolute Gasteiger partial charge is 0.480 e. The van der Waals surface area contributed by atoms with Gasteiger partial charge in [-0.25, -0.2) is 4.39 Å². The topological polar surface area (TPSA) is 75.5 Å². The monoisotopic (exact) mass is 497 g/mol. The number of alkyl halides is 1. The first-order chi connectivity index (χ1) is 17.3. The average molecular weight is 498 g/mol. The zero-order valence-corrected chi connectivity index (χ0v) is 21.7. The highest BCUT2D eigenvalue weighted by molar-refractivity contribution is 5.76. The third-order valence-electron chi connectivity index (χ3n) is 7.37. The van der Waals surface area contributed by atoms with Crippen molar-refractivity contribution in [2.45, 2.75) is 95.9 Å². The van der Waals surface area contributed by atoms with Gasteiger partial charge in [0.2, 0.25) is 0 Å². The number of halogens is 1. The summed E-state index contributed by atoms with van der Waals surface area (Å²) >= 11 is 0. The molecule has 6 nitrogen and oxygen atoms in total. The van der Waals surface area contributed by atoms with Crippen molar-refractivity contribution in [2.75, 3.05) is 19.7 Å². The fourth-order valence-electron chi connectivity index (χ4n) is 5.36. The zero-order chi connectivity index (χ0) is 25.5. The molecule has 196 valence electrons. The summed E-state index contributed by atoms with van der Waals surface area (Å²) in [5, 5.41) is 10.1. The van der Waals surface area contributed by atoms with Gasteiger partial charge in [0, 0.05) is 48.5 Å². The fourth-order valence-corrected chi connectivity index (χ4v) is 5.36. The fraction of sp³-hybridized carbons (Fsp3) is 0.621. The molecule has 1 aliphatic carbocycles. The lowest BCUT2D eigenvalue weighted by Crippen LogP contribution is -2.34. The van der Waals surface area contributed by atoms with Crippen LogP contribution in [0.4, 0.5) is 4.39 Å². The van der Waals surface area contributed by atoms with Crippen molar-refractivity contribution in [3.63, 3.8) is 0 Å². The molecule has 0 amide bonds. The van der Waals surface area contributed by atoms with Crippen molar-refractivity contribution in [3.05, 3.63) is 58.7 Å². The molecule has 2 atom stereocenters. The number of carboxylic acid groups (broad SMARTS) is 1. The number of hydrogen-bond donors (Lipinski definition) is 1. The van der Waals surface area contributed by atoms with Gasteiger partial charge in [0.05, 0.1) is 6.10 Å². The Labute approximate surface area is 214 Å². The lowest BCUT2D eigenvalue weighted by atomic mass is 9.95. The van der Waals surface area contributed by atoms with Gasteiger partial charge in [-0.3, -0.25) is 19.7 Å². The number of aliphatic carboxylic acids is 1. The van der Waals surface area contributed by atoms with Gasteiger partial charge in [-0.15, -0.1) is 0 Å². The van der Waals surface area contributed by atoms with Crippen LogP contribution in [-0.2, 0) is 35.2 Å². The molecule has 3 heterocycles. The van der Waals surface area contributed by atoms with E-state index in [9.17, 15) is 14.3 Å². The molecule has 1 fully saturated rings. The highest BCUT2D eigenvalue weighted by Crippen LogP contribution is 2.30. The van der Waals surface area contributed by atoms with E-state index in [1.54, 1.807) is 12.3 Å². The van der Waals surface area contributed by atoms with Crippen LogP contribution in [-0.4, -0.2) is 57.4 Å². The van der Waals surface area contributed by atoms with Crippen LogP contribution in [0.3, 0.4) is 0 Å². The Balaban J connectivity index is 1.25. The van der Waals surface area contributed by atoms with Gasteiger partial charge in [-0.05, 0) is 95.8 Å². The van der Waals surface area contributed by atoms with E-state index < -0.39 is 17.7 Å². The van der Waals surface area contributed by atoms with E-state index in [4.69, 9.17) is 9.72 Å². The van der Waals surface area contributed by atoms with E-state index in [1.807, 2.05) is 11.0 Å². The summed E-state index contributed by atoms with van der Waals surface area (Å²) in [6.07, 6.45) is 11.0. The zero-order valence-electron chi connectivity index (χ0n) is 21.7. The van der Waals surface area contributed by atoms with Gasteiger partial charge in [0.25, 0.3) is 0 Å². The summed E-state index contributed by atoms with van der Waals surface area (Å²) in [7, 11) is 0. The number of likely N-dealkylation sites (tertiary alicyclic amines) is 1. The molecule has 1 N–H and O–H groups in total. The number of rotatable bonds is 12. The van der Waals surface area contributed by atoms with E-state index in [1.165, 1.54) is 43.6 Å². The first-order valence-corrected chi connectivity index (χ1v) is 13.5. The molecule has 4 rings (SSSR count). The number of hydrogen-bond acceptors (Lipinski definition) is 5. The van der Waals surface area contributed by atoms with Crippen molar-refractivity contribution >= 4 is 5.97 Å². The predicted molar refractivity (Wildman–Crippen MR) is 138 cm³/mol. The Morgan fingerprint density at radius 2 is 2.06 bits per heavy atom. The van der Waals surface area contributed by atoms with Crippen LogP contribution in [0.1, 0.15) is 86.6 Å². The Bertz CT molecular complexity index is 1020. The van der Waals surface area contributed by atoms with Crippen LogP contribution in [0, 0.1) is 0 Å². The van der Waals surface area contributed by atoms with Gasteiger partial charge in [-0.1, -0.05) is 12.1 Å². The minimum atomic E-state index is -1.32. The Kier molecular flexibility index (Phi) is 9.07. The van der Waals surface area contributed by atoms with Gasteiger partial charge < -0.3 is 9.84 Å². The minimum absolute atomic E-state index is 0.0265. The molecular weight excluding hydrogens is 457 g/mol. The number of fused-ring (bicyclic) bond motifs is 1. The predicted octanol–water partition coefficient (Wildman–Crippen LogP) is 5.28. The third-order valence-corrected chi connectivity index (χ3v) is 7.37. The van der Waals surface area contributed by atoms with Crippen molar-refractivity contribution in [2.24, 2.45) is 0 Å². The summed E-state index contributed by atoms with van der Waals surface area (Å²) < 4.78 is 20.2. The van der Waals surface area contributed by atoms with Gasteiger partial charge in [0.15, 0.2) is 0 Å². The molecule has 0 radical (unpaired) electrons. The molecule has 2 aromatic rings. The maximum atomic E-state index is 14.1. The molecular formula is C29H40FN3O3. The molecule has 1 aliphatic heterocycles. The maximum Gasteiger partial charge on any atom is 0.325 e. The number of pyridine rings is 2. The van der Waals surface area contributed by atoms with Crippen molar-refractivity contribution < 1.29 is 19.0 Å². The highest BCUT2D eigenvalue weighted by Gasteiger charge is 2.35. The van der Waals surface area contributed by atoms with Crippen LogP contribution >= 0.6 is 0 Å². The third kappa shape index (κ3) is 7.32. The summed E-state index contributed by atoms with van der Waals surface area (Å²) in [4.78, 5) is 23.5. The minimum Gasteiger partial charge on any atom is -0.480 e. The average Bonchev–Trinajstić information content (AvgIpc) is 3.30. The van der Waals surface area contributed by atoms with E-state index in [0.29, 0.717) is 43.8 Å². The van der Waals surface area contributed by atoms with E-state index in [0.717, 1.165) is 38.5 Å². The second-order valence-corrected chi connectivity index (χ2v) is 10.8. The van der Waals surface area contributed by atoms with Gasteiger partial charge in [0.1, 0.15) is 11.7 Å². The van der Waals surface area contributed by atoms with E-state index in [-0.39, 0.29) is 6.10 Å². The summed E-state index contributed by atoms with van der Waals surface area (Å²) in [6, 6.07) is 7.21. The smallest absolute Gasteiger partial charge is 0.325 e. The Morgan fingerprint density at radius 3 is 2.86 bits per heavy atom. The maximum absolute atomic E-state index is 14.1. The first kappa shape index (κ1) is 26.7. The molecule has 1 saturated heterocycles. The molecule has 1 unspecified atom stereocenters. The number of aromatic nitrogens is 2. The number of carbonyl (C=O) groups is 1. The summed E-state index contributed by atoms with van der Waals surface area (Å²) in [6.45, 7) is 4.98. The molecule has 36 heavy (non-hydrogen) atoms. The van der Waals surface area contributed by atoms with Gasteiger partial charge in [-0.2, -0.15) is 0 Å². The quantitative estimate of drug-likeness (QED) is 0.403. The molecule has 7 heteroatoms. The lowest BCUT2D eigenvalue weighted by Gasteiger charge is -2.26. The van der Waals surface area contributed by atoms with Crippen molar-refractivity contribution in [1.29, 1.82) is 0 Å². The molecule has 0 saturated carbocycles. The number of carboxylic acids is 1. The van der Waals surface area contributed by atoms with E-state index >= 15 is 0 Å². The normalized spacial score (nSPS) is 19.2. The number of ether oxygens (including phenoxy) is 1. The van der Waals surface area contributed by atoms with Crippen molar-refractivity contribution in [3.8, 4) is 0 Å². The summed E-state index contributed by atoms with van der Waals surface area (Å²) in [5.41, 5.74) is 3.89. The second kappa shape index (κ2) is 12.2. The van der Waals surface area contributed by atoms with Crippen LogP contribution in [0.5, 0.6) is 0 Å². The molecule has 2 aliphatic rings. The molecule has 0 bridgehead atoms. The second-order valence-electron chi connectivity index (χ2n) is 10.8. The lowest BCUT2D eigenvalue weighted by molar-refractivity contribution is -0.143. The van der Waals surface area contributed by atoms with Crippen LogP contribution in [0.15, 0.2) is 30.5 Å². The number of nitrogens with zero attached hydrogens (tertiary/aromatic N) is 3. The summed E-state index contributed by atoms with van der Waals surface area (Å²) in [5.74, 6) is -0.901. The Morgan fingerprint density at radius 1 is 1.22 bits per heavy atom. The number of aryl methyl sites for hydroxylation is 4. The molecule has 2 aromatic heterocycles. The molecule has 0 aromatic carbocycles. The van der Waals surface area contributed by atoms with Crippen LogP contribution < -0.4 is 0 Å². The highest BCUT2D eigenvalue weighted by atomic mass is 19.1. The molecule has 0 spiro atoms.